The zero-order valence-corrected chi connectivity index (χ0v) is 15.3. The van der Waals surface area contributed by atoms with Crippen molar-refractivity contribution in [2.75, 3.05) is 11.9 Å². The maximum absolute atomic E-state index is 6.17. The van der Waals surface area contributed by atoms with Gasteiger partial charge in [-0.25, -0.2) is 4.68 Å². The van der Waals surface area contributed by atoms with Crippen molar-refractivity contribution in [2.45, 2.75) is 32.6 Å². The number of aromatic nitrogens is 2. The van der Waals surface area contributed by atoms with Gasteiger partial charge in [-0.1, -0.05) is 36.7 Å². The summed E-state index contributed by atoms with van der Waals surface area (Å²) in [7, 11) is 0. The number of benzene rings is 1. The van der Waals surface area contributed by atoms with E-state index in [4.69, 9.17) is 16.7 Å². The van der Waals surface area contributed by atoms with E-state index in [-0.39, 0.29) is 0 Å². The number of nitrogens with zero attached hydrogens (tertiary/aromatic N) is 2. The molecule has 3 heterocycles. The summed E-state index contributed by atoms with van der Waals surface area (Å²) in [4.78, 5) is 1.15. The zero-order chi connectivity index (χ0) is 16.5. The molecule has 0 unspecified atom stereocenters. The molecule has 0 saturated carbocycles. The highest BCUT2D eigenvalue weighted by Gasteiger charge is 2.23. The smallest absolute Gasteiger partial charge is 0.133 e. The van der Waals surface area contributed by atoms with Crippen LogP contribution in [0.15, 0.2) is 36.4 Å². The zero-order valence-electron chi connectivity index (χ0n) is 13.7. The Morgan fingerprint density at radius 2 is 2.08 bits per heavy atom. The van der Waals surface area contributed by atoms with E-state index in [9.17, 15) is 0 Å². The van der Waals surface area contributed by atoms with Gasteiger partial charge >= 0.3 is 0 Å². The van der Waals surface area contributed by atoms with Crippen molar-refractivity contribution in [1.29, 1.82) is 0 Å². The summed E-state index contributed by atoms with van der Waals surface area (Å²) in [5.41, 5.74) is 4.86. The quantitative estimate of drug-likeness (QED) is 0.664. The number of rotatable bonds is 3. The number of fused-ring (bicyclic) bond motifs is 1. The average Bonchev–Trinajstić information content (AvgIpc) is 3.10. The topological polar surface area (TPSA) is 29.9 Å². The standard InChI is InChI=1S/C19H20ClN3S/c1-2-13-7-3-4-9-15(13)23-19-14(8-5-6-12-21-19)18(22-23)16-10-11-17(20)24-16/h3-4,7,9-11,21H,2,5-6,8,12H2,1H3. The van der Waals surface area contributed by atoms with E-state index >= 15 is 0 Å². The third kappa shape index (κ3) is 2.74. The highest BCUT2D eigenvalue weighted by molar-refractivity contribution is 7.19. The van der Waals surface area contributed by atoms with Crippen molar-refractivity contribution in [2.24, 2.45) is 0 Å². The van der Waals surface area contributed by atoms with E-state index in [2.05, 4.69) is 47.3 Å². The molecule has 0 fully saturated rings. The van der Waals surface area contributed by atoms with Crippen molar-refractivity contribution in [3.05, 3.63) is 51.9 Å². The Labute approximate surface area is 151 Å². The fourth-order valence-corrected chi connectivity index (χ4v) is 4.39. The van der Waals surface area contributed by atoms with Crippen LogP contribution < -0.4 is 5.32 Å². The molecule has 1 aliphatic rings. The minimum Gasteiger partial charge on any atom is -0.370 e. The van der Waals surface area contributed by atoms with Gasteiger partial charge in [0.05, 0.1) is 14.9 Å². The second-order valence-corrected chi connectivity index (χ2v) is 7.77. The Morgan fingerprint density at radius 3 is 2.88 bits per heavy atom. The first-order valence-electron chi connectivity index (χ1n) is 8.47. The largest absolute Gasteiger partial charge is 0.370 e. The van der Waals surface area contributed by atoms with Crippen LogP contribution in [0.2, 0.25) is 4.34 Å². The van der Waals surface area contributed by atoms with Gasteiger partial charge in [0.1, 0.15) is 11.5 Å². The van der Waals surface area contributed by atoms with Crippen molar-refractivity contribution in [3.63, 3.8) is 0 Å². The first-order valence-corrected chi connectivity index (χ1v) is 9.67. The molecule has 1 aromatic carbocycles. The molecule has 1 N–H and O–H groups in total. The minimum atomic E-state index is 0.809. The average molecular weight is 358 g/mol. The summed E-state index contributed by atoms with van der Waals surface area (Å²) in [5.74, 6) is 1.15. The predicted molar refractivity (Wildman–Crippen MR) is 103 cm³/mol. The third-order valence-electron chi connectivity index (χ3n) is 4.54. The predicted octanol–water partition coefficient (Wildman–Crippen LogP) is 5.56. The molecular weight excluding hydrogens is 338 g/mol. The van der Waals surface area contributed by atoms with Crippen molar-refractivity contribution in [3.8, 4) is 16.3 Å². The molecule has 5 heteroatoms. The molecule has 2 aromatic heterocycles. The number of hydrogen-bond acceptors (Lipinski definition) is 3. The number of thiophene rings is 1. The number of para-hydroxylation sites is 1. The first-order chi connectivity index (χ1) is 11.8. The number of halogens is 1. The van der Waals surface area contributed by atoms with Gasteiger partial charge in [-0.3, -0.25) is 0 Å². The van der Waals surface area contributed by atoms with Gasteiger partial charge in [-0.05, 0) is 49.4 Å². The van der Waals surface area contributed by atoms with Gasteiger partial charge in [-0.15, -0.1) is 11.3 Å². The molecule has 0 spiro atoms. The summed E-state index contributed by atoms with van der Waals surface area (Å²) < 4.78 is 2.91. The maximum Gasteiger partial charge on any atom is 0.133 e. The van der Waals surface area contributed by atoms with E-state index in [0.29, 0.717) is 0 Å². The monoisotopic (exact) mass is 357 g/mol. The third-order valence-corrected chi connectivity index (χ3v) is 5.77. The number of nitrogens with one attached hydrogen (secondary N) is 1. The molecule has 0 saturated heterocycles. The Bertz CT molecular complexity index is 865. The normalized spacial score (nSPS) is 14.1. The molecule has 0 atom stereocenters. The number of hydrogen-bond donors (Lipinski definition) is 1. The molecule has 124 valence electrons. The van der Waals surface area contributed by atoms with Crippen LogP contribution in [0, 0.1) is 0 Å². The van der Waals surface area contributed by atoms with Gasteiger partial charge in [0, 0.05) is 12.1 Å². The van der Waals surface area contributed by atoms with Crippen LogP contribution in [-0.2, 0) is 12.8 Å². The molecule has 3 nitrogen and oxygen atoms in total. The van der Waals surface area contributed by atoms with Crippen LogP contribution in [0.25, 0.3) is 16.3 Å². The summed E-state index contributed by atoms with van der Waals surface area (Å²) >= 11 is 7.77. The molecule has 0 amide bonds. The number of anilines is 1. The molecule has 3 aromatic rings. The van der Waals surface area contributed by atoms with Crippen molar-refractivity contribution in [1.82, 2.24) is 9.78 Å². The summed E-state index contributed by atoms with van der Waals surface area (Å²) in [6.45, 7) is 3.19. The second-order valence-electron chi connectivity index (χ2n) is 6.06. The van der Waals surface area contributed by atoms with Gasteiger partial charge in [-0.2, -0.15) is 5.10 Å². The summed E-state index contributed by atoms with van der Waals surface area (Å²) in [6.07, 6.45) is 4.43. The van der Waals surface area contributed by atoms with Crippen LogP contribution in [0.5, 0.6) is 0 Å². The van der Waals surface area contributed by atoms with E-state index in [1.807, 2.05) is 6.07 Å². The fraction of sp³-hybridized carbons (Fsp3) is 0.316. The molecule has 24 heavy (non-hydrogen) atoms. The highest BCUT2D eigenvalue weighted by atomic mass is 35.5. The lowest BCUT2D eigenvalue weighted by atomic mass is 10.1. The second kappa shape index (κ2) is 6.61. The first kappa shape index (κ1) is 15.7. The van der Waals surface area contributed by atoms with Crippen molar-refractivity contribution < 1.29 is 0 Å². The Hall–Kier alpha value is -1.78. The SMILES string of the molecule is CCc1ccccc1-n1nc(-c2ccc(Cl)s2)c2c1NCCCC2. The molecule has 0 aliphatic carbocycles. The van der Waals surface area contributed by atoms with E-state index < -0.39 is 0 Å². The van der Waals surface area contributed by atoms with Gasteiger partial charge < -0.3 is 5.32 Å². The van der Waals surface area contributed by atoms with E-state index in [0.717, 1.165) is 40.1 Å². The molecule has 1 aliphatic heterocycles. The highest BCUT2D eigenvalue weighted by Crippen LogP contribution is 2.38. The molecule has 0 radical (unpaired) electrons. The van der Waals surface area contributed by atoms with Gasteiger partial charge in [0.15, 0.2) is 0 Å². The minimum absolute atomic E-state index is 0.809. The molecule has 4 rings (SSSR count). The fourth-order valence-electron chi connectivity index (χ4n) is 3.33. The van der Waals surface area contributed by atoms with E-state index in [1.165, 1.54) is 29.7 Å². The molecular formula is C19H20ClN3S. The van der Waals surface area contributed by atoms with Crippen LogP contribution >= 0.6 is 22.9 Å². The summed E-state index contributed by atoms with van der Waals surface area (Å²) in [5, 5.41) is 8.61. The molecule has 0 bridgehead atoms. The van der Waals surface area contributed by atoms with Crippen LogP contribution in [0.3, 0.4) is 0 Å². The van der Waals surface area contributed by atoms with Crippen molar-refractivity contribution >= 4 is 28.8 Å². The van der Waals surface area contributed by atoms with Gasteiger partial charge in [0.25, 0.3) is 0 Å². The van der Waals surface area contributed by atoms with E-state index in [1.54, 1.807) is 11.3 Å². The van der Waals surface area contributed by atoms with Crippen LogP contribution in [-0.4, -0.2) is 16.3 Å². The Kier molecular flexibility index (Phi) is 4.33. The lowest BCUT2D eigenvalue weighted by Gasteiger charge is -2.12. The lowest BCUT2D eigenvalue weighted by molar-refractivity contribution is 0.779. The summed E-state index contributed by atoms with van der Waals surface area (Å²) in [6, 6.07) is 12.6. The lowest BCUT2D eigenvalue weighted by Crippen LogP contribution is -2.08. The Balaban J connectivity index is 1.93. The van der Waals surface area contributed by atoms with Crippen LogP contribution in [0.4, 0.5) is 5.82 Å². The Morgan fingerprint density at radius 1 is 1.21 bits per heavy atom. The number of aryl methyl sites for hydroxylation is 1. The van der Waals surface area contributed by atoms with Gasteiger partial charge in [0.2, 0.25) is 0 Å². The maximum atomic E-state index is 6.17. The van der Waals surface area contributed by atoms with Crippen LogP contribution in [0.1, 0.15) is 30.9 Å².